The summed E-state index contributed by atoms with van der Waals surface area (Å²) in [5.41, 5.74) is 15.8. The molecule has 0 amide bonds. The largest absolute Gasteiger partial charge is 0.425 e. The van der Waals surface area contributed by atoms with Crippen LogP contribution in [0.3, 0.4) is 0 Å². The second kappa shape index (κ2) is 2.08. The quantitative estimate of drug-likeness (QED) is 0.306. The molecule has 0 radical (unpaired) electrons. The zero-order valence-corrected chi connectivity index (χ0v) is 5.70. The summed E-state index contributed by atoms with van der Waals surface area (Å²) in [7, 11) is 0. The highest BCUT2D eigenvalue weighted by Gasteiger charge is 2.03. The van der Waals surface area contributed by atoms with Gasteiger partial charge in [0.15, 0.2) is 5.49 Å². The van der Waals surface area contributed by atoms with Crippen LogP contribution in [0.25, 0.3) is 0 Å². The highest BCUT2D eigenvalue weighted by molar-refractivity contribution is 5.64. The molecule has 0 bridgehead atoms. The zero-order valence-electron chi connectivity index (χ0n) is 5.70. The van der Waals surface area contributed by atoms with E-state index in [-0.39, 0.29) is 22.7 Å². The Morgan fingerprint density at radius 3 is 2.45 bits per heavy atom. The van der Waals surface area contributed by atoms with E-state index in [2.05, 4.69) is 0 Å². The van der Waals surface area contributed by atoms with E-state index in [1.807, 2.05) is 0 Å². The molecule has 11 heavy (non-hydrogen) atoms. The molecule has 0 saturated heterocycles. The van der Waals surface area contributed by atoms with Gasteiger partial charge in [-0.25, -0.2) is 0 Å². The predicted octanol–water partition coefficient (Wildman–Crippen LogP) is -1.05. The predicted molar refractivity (Wildman–Crippen MR) is 40.7 cm³/mol. The van der Waals surface area contributed by atoms with Gasteiger partial charge in [-0.2, -0.15) is 4.73 Å². The summed E-state index contributed by atoms with van der Waals surface area (Å²) in [5, 5.41) is 16.1. The molecule has 1 rings (SSSR count). The molecule has 0 atom stereocenters. The fourth-order valence-corrected chi connectivity index (χ4v) is 0.678. The van der Waals surface area contributed by atoms with Crippen molar-refractivity contribution < 1.29 is 5.21 Å². The van der Waals surface area contributed by atoms with Gasteiger partial charge in [0.2, 0.25) is 0 Å². The van der Waals surface area contributed by atoms with Crippen molar-refractivity contribution in [1.29, 1.82) is 5.41 Å². The Morgan fingerprint density at radius 2 is 1.91 bits per heavy atom. The van der Waals surface area contributed by atoms with Crippen LogP contribution in [0.1, 0.15) is 0 Å². The molecule has 8 N–H and O–H groups in total. The van der Waals surface area contributed by atoms with E-state index >= 15 is 0 Å². The van der Waals surface area contributed by atoms with Crippen molar-refractivity contribution in [3.05, 3.63) is 11.6 Å². The number of pyridine rings is 1. The highest BCUT2D eigenvalue weighted by Crippen LogP contribution is 2.10. The lowest BCUT2D eigenvalue weighted by atomic mass is 10.3. The summed E-state index contributed by atoms with van der Waals surface area (Å²) in [6.45, 7) is 0. The molecule has 0 saturated carbocycles. The first-order chi connectivity index (χ1) is 5.04. The molecule has 1 heterocycles. The normalized spacial score (nSPS) is 9.82. The third-order valence-corrected chi connectivity index (χ3v) is 1.33. The monoisotopic (exact) mass is 155 g/mol. The van der Waals surface area contributed by atoms with Gasteiger partial charge in [-0.1, -0.05) is 0 Å². The van der Waals surface area contributed by atoms with E-state index in [1.165, 1.54) is 6.07 Å². The molecule has 0 aliphatic carbocycles. The number of nitrogens with zero attached hydrogens (tertiary/aromatic N) is 1. The van der Waals surface area contributed by atoms with E-state index in [0.29, 0.717) is 4.73 Å². The van der Waals surface area contributed by atoms with Crippen LogP contribution in [0.2, 0.25) is 0 Å². The molecule has 0 aliphatic rings. The average Bonchev–Trinajstić information content (AvgIpc) is 1.97. The Balaban J connectivity index is 3.59. The van der Waals surface area contributed by atoms with Gasteiger partial charge in [-0.3, -0.25) is 5.41 Å². The smallest absolute Gasteiger partial charge is 0.188 e. The summed E-state index contributed by atoms with van der Waals surface area (Å²) in [6, 6.07) is 1.29. The SMILES string of the molecule is N=c1c(N)c(N)cc(N)n1O. The molecule has 0 fully saturated rings. The number of aromatic nitrogens is 1. The lowest BCUT2D eigenvalue weighted by Crippen LogP contribution is -2.24. The molecule has 0 spiro atoms. The van der Waals surface area contributed by atoms with Crippen LogP contribution in [-0.4, -0.2) is 9.94 Å². The van der Waals surface area contributed by atoms with Gasteiger partial charge in [0.05, 0.1) is 5.69 Å². The number of nitrogens with two attached hydrogens (primary N) is 3. The molecule has 0 aromatic carbocycles. The minimum Gasteiger partial charge on any atom is -0.425 e. The van der Waals surface area contributed by atoms with Gasteiger partial charge in [-0.05, 0) is 0 Å². The van der Waals surface area contributed by atoms with Crippen LogP contribution in [0.5, 0.6) is 0 Å². The lowest BCUT2D eigenvalue weighted by molar-refractivity contribution is 0.178. The average molecular weight is 155 g/mol. The molecule has 0 unspecified atom stereocenters. The maximum absolute atomic E-state index is 8.98. The zero-order chi connectivity index (χ0) is 8.59. The number of hydrogen-bond acceptors (Lipinski definition) is 5. The molecule has 60 valence electrons. The van der Waals surface area contributed by atoms with E-state index in [9.17, 15) is 0 Å². The molecular weight excluding hydrogens is 146 g/mol. The van der Waals surface area contributed by atoms with E-state index < -0.39 is 0 Å². The van der Waals surface area contributed by atoms with Gasteiger partial charge < -0.3 is 22.4 Å². The third kappa shape index (κ3) is 0.936. The van der Waals surface area contributed by atoms with Crippen molar-refractivity contribution in [2.75, 3.05) is 17.2 Å². The maximum Gasteiger partial charge on any atom is 0.188 e. The Morgan fingerprint density at radius 1 is 1.36 bits per heavy atom. The first kappa shape index (κ1) is 7.26. The Hall–Kier alpha value is -1.85. The maximum atomic E-state index is 8.98. The number of anilines is 3. The van der Waals surface area contributed by atoms with Crippen LogP contribution in [-0.2, 0) is 0 Å². The van der Waals surface area contributed by atoms with Crippen molar-refractivity contribution in [3.63, 3.8) is 0 Å². The number of nitrogens with one attached hydrogen (secondary N) is 1. The van der Waals surface area contributed by atoms with Crippen LogP contribution in [0.4, 0.5) is 17.2 Å². The van der Waals surface area contributed by atoms with Crippen molar-refractivity contribution in [2.45, 2.75) is 0 Å². The molecule has 6 nitrogen and oxygen atoms in total. The number of hydrogen-bond donors (Lipinski definition) is 5. The first-order valence-electron chi connectivity index (χ1n) is 2.84. The summed E-state index contributed by atoms with van der Waals surface area (Å²) >= 11 is 0. The van der Waals surface area contributed by atoms with Gasteiger partial charge in [0, 0.05) is 6.07 Å². The Bertz CT molecular complexity index is 312. The molecule has 1 aromatic heterocycles. The summed E-state index contributed by atoms with van der Waals surface area (Å²) in [6.07, 6.45) is 0. The molecular formula is C5H9N5O. The highest BCUT2D eigenvalue weighted by atomic mass is 16.5. The van der Waals surface area contributed by atoms with Gasteiger partial charge >= 0.3 is 0 Å². The van der Waals surface area contributed by atoms with Gasteiger partial charge in [-0.15, -0.1) is 0 Å². The second-order valence-electron chi connectivity index (χ2n) is 2.10. The topological polar surface area (TPSA) is 127 Å². The van der Waals surface area contributed by atoms with E-state index in [1.54, 1.807) is 0 Å². The van der Waals surface area contributed by atoms with E-state index in [4.69, 9.17) is 27.8 Å². The van der Waals surface area contributed by atoms with Crippen molar-refractivity contribution in [1.82, 2.24) is 4.73 Å². The minimum absolute atomic E-state index is 0.0123. The van der Waals surface area contributed by atoms with Crippen LogP contribution in [0, 0.1) is 5.41 Å². The minimum atomic E-state index is -0.303. The second-order valence-corrected chi connectivity index (χ2v) is 2.10. The van der Waals surface area contributed by atoms with E-state index in [0.717, 1.165) is 0 Å². The fourth-order valence-electron chi connectivity index (χ4n) is 0.678. The molecule has 0 aliphatic heterocycles. The van der Waals surface area contributed by atoms with Crippen LogP contribution in [0.15, 0.2) is 6.07 Å². The van der Waals surface area contributed by atoms with Gasteiger partial charge in [0.1, 0.15) is 11.5 Å². The molecule has 1 aromatic rings. The molecule has 6 heteroatoms. The van der Waals surface area contributed by atoms with Crippen LogP contribution < -0.4 is 22.7 Å². The Kier molecular flexibility index (Phi) is 1.37. The first-order valence-corrected chi connectivity index (χ1v) is 2.84. The van der Waals surface area contributed by atoms with Crippen molar-refractivity contribution in [2.24, 2.45) is 0 Å². The number of nitrogen functional groups attached to an aromatic ring is 3. The summed E-state index contributed by atoms with van der Waals surface area (Å²) in [4.78, 5) is 0. The summed E-state index contributed by atoms with van der Waals surface area (Å²) in [5.74, 6) is -0.0123. The van der Waals surface area contributed by atoms with Crippen LogP contribution >= 0.6 is 0 Å². The third-order valence-electron chi connectivity index (χ3n) is 1.33. The fraction of sp³-hybridized carbons (Fsp3) is 0. The standard InChI is InChI=1S/C5H9N5O/c6-2-1-3(7)10(11)5(9)4(2)8/h1,9,11H,6-8H2. The summed E-state index contributed by atoms with van der Waals surface area (Å²) < 4.78 is 0.464. The Labute approximate surface area is 62.3 Å². The van der Waals surface area contributed by atoms with Crippen molar-refractivity contribution >= 4 is 17.2 Å². The van der Waals surface area contributed by atoms with Gasteiger partial charge in [0.25, 0.3) is 0 Å². The van der Waals surface area contributed by atoms with Crippen molar-refractivity contribution in [3.8, 4) is 0 Å². The number of rotatable bonds is 0. The lowest BCUT2D eigenvalue weighted by Gasteiger charge is -2.05.